The van der Waals surface area contributed by atoms with E-state index in [1.807, 2.05) is 0 Å². The average molecular weight is 940 g/mol. The number of hydrogen-bond acceptors (Lipinski definition) is 6. The van der Waals surface area contributed by atoms with Gasteiger partial charge in [-0.2, -0.15) is 0 Å². The Labute approximate surface area is 416 Å². The first-order valence-corrected chi connectivity index (χ1v) is 29.1. The van der Waals surface area contributed by atoms with E-state index in [0.29, 0.717) is 19.3 Å². The predicted octanol–water partition coefficient (Wildman–Crippen LogP) is 19.4. The molecule has 6 nitrogen and oxygen atoms in total. The van der Waals surface area contributed by atoms with Crippen molar-refractivity contribution in [3.8, 4) is 0 Å². The molecule has 0 aliphatic heterocycles. The molecule has 0 saturated carbocycles. The largest absolute Gasteiger partial charge is 0.462 e. The molecule has 0 amide bonds. The summed E-state index contributed by atoms with van der Waals surface area (Å²) in [5.41, 5.74) is 0. The lowest BCUT2D eigenvalue weighted by atomic mass is 10.0. The molecular formula is C61H110O6. The van der Waals surface area contributed by atoms with Crippen molar-refractivity contribution in [2.75, 3.05) is 13.2 Å². The van der Waals surface area contributed by atoms with Gasteiger partial charge in [0.15, 0.2) is 6.10 Å². The van der Waals surface area contributed by atoms with Gasteiger partial charge >= 0.3 is 17.9 Å². The Bertz CT molecular complexity index is 1170. The van der Waals surface area contributed by atoms with Crippen molar-refractivity contribution < 1.29 is 28.6 Å². The van der Waals surface area contributed by atoms with Crippen LogP contribution in [0.1, 0.15) is 303 Å². The van der Waals surface area contributed by atoms with Gasteiger partial charge in [0.05, 0.1) is 0 Å². The first kappa shape index (κ1) is 64.4. The second kappa shape index (κ2) is 56.0. The topological polar surface area (TPSA) is 78.9 Å². The van der Waals surface area contributed by atoms with Gasteiger partial charge in [0.25, 0.3) is 0 Å². The summed E-state index contributed by atoms with van der Waals surface area (Å²) in [6.45, 7) is 6.61. The molecule has 0 rings (SSSR count). The average Bonchev–Trinajstić information content (AvgIpc) is 3.33. The molecule has 0 spiro atoms. The molecule has 0 aliphatic carbocycles. The number of carbonyl (C=O) groups is 3. The number of esters is 3. The molecule has 0 bridgehead atoms. The van der Waals surface area contributed by atoms with E-state index in [2.05, 4.69) is 69.4 Å². The summed E-state index contributed by atoms with van der Waals surface area (Å²) in [6.07, 6.45) is 68.1. The molecule has 6 heteroatoms. The Balaban J connectivity index is 4.37. The van der Waals surface area contributed by atoms with Crippen molar-refractivity contribution in [2.45, 2.75) is 309 Å². The zero-order valence-corrected chi connectivity index (χ0v) is 44.7. The molecule has 390 valence electrons. The summed E-state index contributed by atoms with van der Waals surface area (Å²) in [5, 5.41) is 0. The van der Waals surface area contributed by atoms with Crippen molar-refractivity contribution >= 4 is 17.9 Å². The van der Waals surface area contributed by atoms with E-state index in [9.17, 15) is 14.4 Å². The monoisotopic (exact) mass is 939 g/mol. The Kier molecular flexibility index (Phi) is 53.8. The first-order valence-electron chi connectivity index (χ1n) is 29.1. The number of allylic oxidation sites excluding steroid dienone is 8. The lowest BCUT2D eigenvalue weighted by Gasteiger charge is -2.18. The van der Waals surface area contributed by atoms with Crippen LogP contribution in [0.4, 0.5) is 0 Å². The van der Waals surface area contributed by atoms with Crippen LogP contribution >= 0.6 is 0 Å². The van der Waals surface area contributed by atoms with Gasteiger partial charge in [-0.05, 0) is 83.5 Å². The highest BCUT2D eigenvalue weighted by atomic mass is 16.6. The van der Waals surface area contributed by atoms with Crippen molar-refractivity contribution in [2.24, 2.45) is 0 Å². The predicted molar refractivity (Wildman–Crippen MR) is 289 cm³/mol. The Morgan fingerprint density at radius 2 is 0.537 bits per heavy atom. The van der Waals surface area contributed by atoms with Gasteiger partial charge in [-0.25, -0.2) is 0 Å². The molecule has 0 saturated heterocycles. The molecule has 0 radical (unpaired) electrons. The highest BCUT2D eigenvalue weighted by Gasteiger charge is 2.19. The van der Waals surface area contributed by atoms with Crippen LogP contribution in [-0.4, -0.2) is 37.2 Å². The van der Waals surface area contributed by atoms with E-state index in [0.717, 1.165) is 89.9 Å². The van der Waals surface area contributed by atoms with Gasteiger partial charge in [0.1, 0.15) is 13.2 Å². The number of carbonyl (C=O) groups excluding carboxylic acids is 3. The fourth-order valence-electron chi connectivity index (χ4n) is 8.39. The van der Waals surface area contributed by atoms with E-state index in [1.165, 1.54) is 173 Å². The molecule has 0 aliphatic rings. The van der Waals surface area contributed by atoms with E-state index < -0.39 is 6.10 Å². The van der Waals surface area contributed by atoms with Gasteiger partial charge in [0, 0.05) is 19.3 Å². The maximum absolute atomic E-state index is 12.8. The van der Waals surface area contributed by atoms with Crippen molar-refractivity contribution in [1.29, 1.82) is 0 Å². The zero-order valence-electron chi connectivity index (χ0n) is 44.7. The Morgan fingerprint density at radius 1 is 0.299 bits per heavy atom. The second-order valence-electron chi connectivity index (χ2n) is 19.6. The van der Waals surface area contributed by atoms with Gasteiger partial charge in [-0.3, -0.25) is 14.4 Å². The number of unbranched alkanes of at least 4 members (excludes halogenated alkanes) is 34. The van der Waals surface area contributed by atoms with Gasteiger partial charge in [-0.1, -0.05) is 249 Å². The molecule has 0 aromatic carbocycles. The van der Waals surface area contributed by atoms with Crippen molar-refractivity contribution in [1.82, 2.24) is 0 Å². The summed E-state index contributed by atoms with van der Waals surface area (Å²) in [4.78, 5) is 38.1. The number of hydrogen-bond donors (Lipinski definition) is 0. The third-order valence-electron chi connectivity index (χ3n) is 12.8. The second-order valence-corrected chi connectivity index (χ2v) is 19.6. The molecule has 1 atom stereocenters. The van der Waals surface area contributed by atoms with Crippen molar-refractivity contribution in [3.63, 3.8) is 0 Å². The van der Waals surface area contributed by atoms with Gasteiger partial charge < -0.3 is 14.2 Å². The summed E-state index contributed by atoms with van der Waals surface area (Å²) in [6, 6.07) is 0. The highest BCUT2D eigenvalue weighted by molar-refractivity contribution is 5.71. The van der Waals surface area contributed by atoms with E-state index in [1.54, 1.807) is 0 Å². The molecule has 0 unspecified atom stereocenters. The lowest BCUT2D eigenvalue weighted by molar-refractivity contribution is -0.167. The van der Waals surface area contributed by atoms with Crippen LogP contribution in [0.5, 0.6) is 0 Å². The molecule has 0 fully saturated rings. The maximum Gasteiger partial charge on any atom is 0.306 e. The third-order valence-corrected chi connectivity index (χ3v) is 12.8. The van der Waals surface area contributed by atoms with Crippen LogP contribution in [0.15, 0.2) is 48.6 Å². The van der Waals surface area contributed by atoms with Gasteiger partial charge in [0.2, 0.25) is 0 Å². The SMILES string of the molecule is CCCCC/C=C/C/C=C/C/C=C/CCCCCCC(=O)O[C@H](COC(=O)CCCCCCC/C=C/CCCCCC)COC(=O)CCCCCCCCCCCCCCCCCCCCC. The summed E-state index contributed by atoms with van der Waals surface area (Å²) in [5.74, 6) is -0.898. The minimum absolute atomic E-state index is 0.0819. The molecule has 67 heavy (non-hydrogen) atoms. The highest BCUT2D eigenvalue weighted by Crippen LogP contribution is 2.16. The van der Waals surface area contributed by atoms with Crippen LogP contribution < -0.4 is 0 Å². The van der Waals surface area contributed by atoms with Crippen LogP contribution in [0.3, 0.4) is 0 Å². The van der Waals surface area contributed by atoms with E-state index >= 15 is 0 Å². The molecule has 0 aromatic heterocycles. The molecule has 0 heterocycles. The van der Waals surface area contributed by atoms with Crippen LogP contribution in [0.25, 0.3) is 0 Å². The summed E-state index contributed by atoms with van der Waals surface area (Å²) < 4.78 is 16.9. The van der Waals surface area contributed by atoms with Crippen LogP contribution in [0, 0.1) is 0 Å². The fourth-order valence-corrected chi connectivity index (χ4v) is 8.39. The molecular weight excluding hydrogens is 829 g/mol. The standard InChI is InChI=1S/C61H110O6/c1-4-7-10-13-16-19-22-25-27-29-30-32-33-36-39-42-45-48-51-54-60(63)66-57-58(56-65-59(62)53-50-47-44-41-38-35-24-21-18-15-12-9-6-3)67-61(64)55-52-49-46-43-40-37-34-31-28-26-23-20-17-14-11-8-5-2/h17,20-21,24,26,28,34,37,58H,4-16,18-19,22-23,25,27,29-33,35-36,38-57H2,1-3H3/b20-17+,24-21+,28-26+,37-34+/t58-/m1/s1. The maximum atomic E-state index is 12.8. The first-order chi connectivity index (χ1) is 33.0. The van der Waals surface area contributed by atoms with Crippen LogP contribution in [0.2, 0.25) is 0 Å². The fraction of sp³-hybridized carbons (Fsp3) is 0.820. The zero-order chi connectivity index (χ0) is 48.6. The normalized spacial score (nSPS) is 12.3. The van der Waals surface area contributed by atoms with Crippen molar-refractivity contribution in [3.05, 3.63) is 48.6 Å². The lowest BCUT2D eigenvalue weighted by Crippen LogP contribution is -2.30. The third kappa shape index (κ3) is 54.2. The summed E-state index contributed by atoms with van der Waals surface area (Å²) in [7, 11) is 0. The molecule has 0 N–H and O–H groups in total. The Hall–Kier alpha value is -2.63. The minimum atomic E-state index is -0.786. The minimum Gasteiger partial charge on any atom is -0.462 e. The molecule has 0 aromatic rings. The van der Waals surface area contributed by atoms with Crippen LogP contribution in [-0.2, 0) is 28.6 Å². The quantitative estimate of drug-likeness (QED) is 0.0262. The smallest absolute Gasteiger partial charge is 0.306 e. The summed E-state index contributed by atoms with van der Waals surface area (Å²) >= 11 is 0. The van der Waals surface area contributed by atoms with Gasteiger partial charge in [-0.15, -0.1) is 0 Å². The number of ether oxygens (including phenoxy) is 3. The van der Waals surface area contributed by atoms with E-state index in [-0.39, 0.29) is 31.1 Å². The van der Waals surface area contributed by atoms with E-state index in [4.69, 9.17) is 14.2 Å². The number of rotatable bonds is 53. The Morgan fingerprint density at radius 3 is 0.896 bits per heavy atom.